The number of benzene rings is 9. The van der Waals surface area contributed by atoms with E-state index in [2.05, 4.69) is 188 Å². The van der Waals surface area contributed by atoms with Crippen LogP contribution < -0.4 is 4.74 Å². The summed E-state index contributed by atoms with van der Waals surface area (Å²) in [5, 5.41) is 6.15. The predicted molar refractivity (Wildman–Crippen MR) is 259 cm³/mol. The van der Waals surface area contributed by atoms with Gasteiger partial charge in [-0.1, -0.05) is 152 Å². The second-order valence-corrected chi connectivity index (χ2v) is 18.5. The van der Waals surface area contributed by atoms with Gasteiger partial charge >= 0.3 is 0 Å². The molecule has 0 unspecified atom stereocenters. The Bertz CT molecular complexity index is 3820. The van der Waals surface area contributed by atoms with Crippen LogP contribution in [0.25, 0.3) is 96.1 Å². The van der Waals surface area contributed by atoms with E-state index in [0.29, 0.717) is 0 Å². The number of fused-ring (bicyclic) bond motifs is 17. The zero-order valence-electron chi connectivity index (χ0n) is 33.1. The van der Waals surface area contributed by atoms with Gasteiger partial charge in [-0.2, -0.15) is 0 Å². The monoisotopic (exact) mass is 824 g/mol. The van der Waals surface area contributed by atoms with Crippen LogP contribution in [0.3, 0.4) is 0 Å². The smallest absolute Gasteiger partial charge is 0.160 e. The highest BCUT2D eigenvalue weighted by Gasteiger charge is 2.52. The third-order valence-corrected chi connectivity index (χ3v) is 15.5. The summed E-state index contributed by atoms with van der Waals surface area (Å²) in [7, 11) is 0. The molecule has 9 aromatic carbocycles. The van der Waals surface area contributed by atoms with Crippen molar-refractivity contribution in [2.24, 2.45) is 0 Å². The molecule has 0 amide bonds. The Morgan fingerprint density at radius 3 is 1.84 bits per heavy atom. The zero-order chi connectivity index (χ0) is 40.5. The van der Waals surface area contributed by atoms with Gasteiger partial charge in [0.15, 0.2) is 5.82 Å². The Kier molecular flexibility index (Phi) is 7.07. The van der Waals surface area contributed by atoms with Crippen molar-refractivity contribution in [3.8, 4) is 56.4 Å². The highest BCUT2D eigenvalue weighted by molar-refractivity contribution is 7.26. The minimum absolute atomic E-state index is 0.557. The summed E-state index contributed by atoms with van der Waals surface area (Å²) >= 11 is 3.63. The standard InChI is InChI=1S/C57H32N2OS2/c1-2-14-34(15-3-1)56-58-53(55-54(59-56)39-17-6-11-24-48(39)62-55)36-27-30-50-41(32-36)40-31-35(26-29-49(40)61-50)38-18-12-21-44-52(38)51-37-16-5-4-13-33(37)25-28-45(51)57(44)42-19-7-9-22-46(42)60-47-23-10-8-20-43(47)57/h1-32H. The van der Waals surface area contributed by atoms with Crippen LogP contribution in [0, 0.1) is 0 Å². The minimum atomic E-state index is -0.557. The molecular formula is C57H32N2OS2. The van der Waals surface area contributed by atoms with Crippen LogP contribution in [0.5, 0.6) is 11.5 Å². The van der Waals surface area contributed by atoms with Crippen molar-refractivity contribution in [3.05, 3.63) is 216 Å². The summed E-state index contributed by atoms with van der Waals surface area (Å²) < 4.78 is 11.5. The second-order valence-electron chi connectivity index (χ2n) is 16.3. The Hall–Kier alpha value is -7.44. The first kappa shape index (κ1) is 34.3. The number of hydrogen-bond acceptors (Lipinski definition) is 5. The Balaban J connectivity index is 1.02. The van der Waals surface area contributed by atoms with Gasteiger partial charge in [0.25, 0.3) is 0 Å². The van der Waals surface area contributed by atoms with Crippen molar-refractivity contribution in [2.45, 2.75) is 5.41 Å². The summed E-state index contributed by atoms with van der Waals surface area (Å²) in [6, 6.07) is 70.6. The van der Waals surface area contributed by atoms with Crippen molar-refractivity contribution in [2.75, 3.05) is 0 Å². The minimum Gasteiger partial charge on any atom is -0.457 e. The van der Waals surface area contributed by atoms with E-state index in [1.807, 2.05) is 17.4 Å². The molecule has 288 valence electrons. The van der Waals surface area contributed by atoms with Gasteiger partial charge < -0.3 is 4.74 Å². The average Bonchev–Trinajstić information content (AvgIpc) is 4.00. The Morgan fingerprint density at radius 1 is 0.403 bits per heavy atom. The molecular weight excluding hydrogens is 793 g/mol. The third kappa shape index (κ3) is 4.64. The zero-order valence-corrected chi connectivity index (χ0v) is 34.7. The summed E-state index contributed by atoms with van der Waals surface area (Å²) in [5.41, 5.74) is 13.5. The van der Waals surface area contributed by atoms with E-state index in [4.69, 9.17) is 14.7 Å². The number of para-hydroxylation sites is 2. The molecule has 0 atom stereocenters. The fourth-order valence-corrected chi connectivity index (χ4v) is 12.8. The van der Waals surface area contributed by atoms with Crippen LogP contribution in [0.15, 0.2) is 194 Å². The van der Waals surface area contributed by atoms with E-state index >= 15 is 0 Å². The molecule has 0 saturated carbocycles. The molecule has 4 heterocycles. The first-order valence-corrected chi connectivity index (χ1v) is 22.6. The van der Waals surface area contributed by atoms with Gasteiger partial charge in [0.05, 0.1) is 21.3 Å². The van der Waals surface area contributed by atoms with Gasteiger partial charge in [0.2, 0.25) is 0 Å². The molecule has 0 radical (unpaired) electrons. The molecule has 0 fully saturated rings. The highest BCUT2D eigenvalue weighted by atomic mass is 32.1. The van der Waals surface area contributed by atoms with E-state index in [-0.39, 0.29) is 0 Å². The maximum absolute atomic E-state index is 6.68. The van der Waals surface area contributed by atoms with Gasteiger partial charge in [-0.3, -0.25) is 0 Å². The van der Waals surface area contributed by atoms with E-state index in [1.54, 1.807) is 11.3 Å². The van der Waals surface area contributed by atoms with Gasteiger partial charge in [-0.25, -0.2) is 9.97 Å². The lowest BCUT2D eigenvalue weighted by Crippen LogP contribution is -2.32. The molecule has 2 aliphatic rings. The van der Waals surface area contributed by atoms with Gasteiger partial charge in [-0.05, 0) is 86.6 Å². The van der Waals surface area contributed by atoms with Crippen LogP contribution in [0.1, 0.15) is 22.3 Å². The van der Waals surface area contributed by atoms with Crippen molar-refractivity contribution < 1.29 is 4.74 Å². The SMILES string of the molecule is c1ccc(-c2nc(-c3ccc4sc5ccc(-c6cccc7c6-c6c(ccc8ccccc68)C76c7ccccc7Oc7ccccc76)cc5c4c3)c3sc4ccccc4c3n2)cc1. The molecule has 1 aliphatic carbocycles. The lowest BCUT2D eigenvalue weighted by Gasteiger charge is -2.39. The summed E-state index contributed by atoms with van der Waals surface area (Å²) in [6.45, 7) is 0. The lowest BCUT2D eigenvalue weighted by atomic mass is 9.66. The number of aromatic nitrogens is 2. The maximum atomic E-state index is 6.68. The summed E-state index contributed by atoms with van der Waals surface area (Å²) in [5.74, 6) is 2.54. The maximum Gasteiger partial charge on any atom is 0.160 e. The normalized spacial score (nSPS) is 13.4. The quantitative estimate of drug-likeness (QED) is 0.178. The average molecular weight is 825 g/mol. The first-order chi connectivity index (χ1) is 30.7. The van der Waals surface area contributed by atoms with Crippen LogP contribution in [0.4, 0.5) is 0 Å². The molecule has 12 aromatic rings. The molecule has 0 N–H and O–H groups in total. The molecule has 1 spiro atoms. The summed E-state index contributed by atoms with van der Waals surface area (Å²) in [4.78, 5) is 10.5. The van der Waals surface area contributed by atoms with Crippen LogP contribution >= 0.6 is 22.7 Å². The molecule has 62 heavy (non-hydrogen) atoms. The number of hydrogen-bond donors (Lipinski definition) is 0. The van der Waals surface area contributed by atoms with Crippen LogP contribution in [-0.2, 0) is 5.41 Å². The predicted octanol–water partition coefficient (Wildman–Crippen LogP) is 15.8. The van der Waals surface area contributed by atoms with E-state index in [1.165, 1.54) is 85.5 Å². The fourth-order valence-electron chi connectivity index (χ4n) is 10.5. The van der Waals surface area contributed by atoms with Crippen LogP contribution in [0.2, 0.25) is 0 Å². The molecule has 14 rings (SSSR count). The second kappa shape index (κ2) is 12.8. The number of thiophene rings is 2. The van der Waals surface area contributed by atoms with E-state index in [9.17, 15) is 0 Å². The number of nitrogens with zero attached hydrogens (tertiary/aromatic N) is 2. The largest absolute Gasteiger partial charge is 0.457 e. The number of ether oxygens (including phenoxy) is 1. The van der Waals surface area contributed by atoms with Crippen molar-refractivity contribution in [1.82, 2.24) is 9.97 Å². The summed E-state index contributed by atoms with van der Waals surface area (Å²) in [6.07, 6.45) is 0. The first-order valence-electron chi connectivity index (χ1n) is 21.0. The molecule has 3 aromatic heterocycles. The molecule has 0 saturated heterocycles. The Morgan fingerprint density at radius 2 is 1.03 bits per heavy atom. The highest BCUT2D eigenvalue weighted by Crippen LogP contribution is 2.64. The molecule has 5 heteroatoms. The van der Waals surface area contributed by atoms with Gasteiger partial charge in [0, 0.05) is 52.5 Å². The lowest BCUT2D eigenvalue weighted by molar-refractivity contribution is 0.436. The molecule has 1 aliphatic heterocycles. The number of rotatable bonds is 3. The van der Waals surface area contributed by atoms with Crippen molar-refractivity contribution in [1.29, 1.82) is 0 Å². The van der Waals surface area contributed by atoms with Gasteiger partial charge in [0.1, 0.15) is 11.5 Å². The van der Waals surface area contributed by atoms with E-state index < -0.39 is 5.41 Å². The third-order valence-electron chi connectivity index (χ3n) is 13.2. The van der Waals surface area contributed by atoms with E-state index in [0.717, 1.165) is 44.4 Å². The van der Waals surface area contributed by atoms with Crippen LogP contribution in [-0.4, -0.2) is 9.97 Å². The molecule has 0 bridgehead atoms. The fraction of sp³-hybridized carbons (Fsp3) is 0.0175. The van der Waals surface area contributed by atoms with Gasteiger partial charge in [-0.15, -0.1) is 22.7 Å². The van der Waals surface area contributed by atoms with Crippen molar-refractivity contribution >= 4 is 73.9 Å². The van der Waals surface area contributed by atoms with Crippen molar-refractivity contribution in [3.63, 3.8) is 0 Å². The Labute approximate surface area is 364 Å². The topological polar surface area (TPSA) is 35.0 Å². The molecule has 3 nitrogen and oxygen atoms in total.